The molecule has 0 unspecified atom stereocenters. The van der Waals surface area contributed by atoms with E-state index in [1.807, 2.05) is 31.2 Å². The Balaban J connectivity index is 1.54. The van der Waals surface area contributed by atoms with Crippen molar-refractivity contribution in [3.63, 3.8) is 0 Å². The van der Waals surface area contributed by atoms with E-state index < -0.39 is 10.0 Å². The van der Waals surface area contributed by atoms with Crippen LogP contribution in [0, 0.1) is 0 Å². The van der Waals surface area contributed by atoms with Crippen molar-refractivity contribution in [2.75, 3.05) is 17.9 Å². The van der Waals surface area contributed by atoms with Gasteiger partial charge in [-0.25, -0.2) is 8.42 Å². The van der Waals surface area contributed by atoms with E-state index >= 15 is 0 Å². The van der Waals surface area contributed by atoms with Crippen LogP contribution < -0.4 is 9.46 Å². The van der Waals surface area contributed by atoms with Crippen molar-refractivity contribution < 1.29 is 18.0 Å². The normalized spacial score (nSPS) is 11.4. The fourth-order valence-corrected chi connectivity index (χ4v) is 3.76. The third kappa shape index (κ3) is 6.35. The molecule has 0 spiro atoms. The molecule has 0 saturated carbocycles. The Morgan fingerprint density at radius 2 is 1.73 bits per heavy atom. The number of nitrogens with one attached hydrogen (secondary N) is 1. The largest absolute Gasteiger partial charge is 0.493 e. The molecule has 0 saturated heterocycles. The number of hydrogen-bond donors (Lipinski definition) is 1. The minimum absolute atomic E-state index is 0.214. The van der Waals surface area contributed by atoms with E-state index in [0.29, 0.717) is 24.7 Å². The maximum Gasteiger partial charge on any atom is 0.261 e. The van der Waals surface area contributed by atoms with Crippen molar-refractivity contribution in [2.45, 2.75) is 18.2 Å². The van der Waals surface area contributed by atoms with Crippen LogP contribution in [-0.2, 0) is 21.3 Å². The molecule has 0 radical (unpaired) electrons. The Bertz CT molecular complexity index is 1070. The van der Waals surface area contributed by atoms with Crippen LogP contribution in [0.15, 0.2) is 88.9 Å². The van der Waals surface area contributed by atoms with Crippen LogP contribution in [0.2, 0.25) is 0 Å². The maximum atomic E-state index is 12.5. The summed E-state index contributed by atoms with van der Waals surface area (Å²) >= 11 is 0. The maximum absolute atomic E-state index is 12.5. The predicted molar refractivity (Wildman–Crippen MR) is 119 cm³/mol. The lowest BCUT2D eigenvalue weighted by Crippen LogP contribution is -2.12. The van der Waals surface area contributed by atoms with Gasteiger partial charge in [0.05, 0.1) is 23.4 Å². The van der Waals surface area contributed by atoms with Crippen molar-refractivity contribution in [2.24, 2.45) is 5.16 Å². The first-order valence-corrected chi connectivity index (χ1v) is 11.1. The van der Waals surface area contributed by atoms with E-state index in [1.54, 1.807) is 60.8 Å². The van der Waals surface area contributed by atoms with E-state index in [0.717, 1.165) is 17.5 Å². The highest BCUT2D eigenvalue weighted by atomic mass is 32.2. The molecule has 3 aromatic carbocycles. The van der Waals surface area contributed by atoms with E-state index in [1.165, 1.54) is 0 Å². The van der Waals surface area contributed by atoms with Gasteiger partial charge in [0.2, 0.25) is 0 Å². The van der Waals surface area contributed by atoms with Crippen molar-refractivity contribution in [3.8, 4) is 5.75 Å². The number of nitrogens with zero attached hydrogens (tertiary/aromatic N) is 1. The fraction of sp³-hybridized carbons (Fsp3) is 0.174. The molecule has 0 aliphatic heterocycles. The van der Waals surface area contributed by atoms with E-state index in [2.05, 4.69) is 9.88 Å². The van der Waals surface area contributed by atoms with Gasteiger partial charge in [-0.15, -0.1) is 0 Å². The quantitative estimate of drug-likeness (QED) is 0.385. The topological polar surface area (TPSA) is 77.0 Å². The summed E-state index contributed by atoms with van der Waals surface area (Å²) in [6, 6.07) is 23.1. The zero-order chi connectivity index (χ0) is 21.2. The molecule has 30 heavy (non-hydrogen) atoms. The third-order valence-corrected chi connectivity index (χ3v) is 5.58. The Morgan fingerprint density at radius 3 is 2.47 bits per heavy atom. The lowest BCUT2D eigenvalue weighted by molar-refractivity contribution is 0.160. The second kappa shape index (κ2) is 10.5. The Kier molecular flexibility index (Phi) is 7.45. The van der Waals surface area contributed by atoms with Gasteiger partial charge >= 0.3 is 0 Å². The van der Waals surface area contributed by atoms with E-state index in [9.17, 15) is 8.42 Å². The highest BCUT2D eigenvalue weighted by molar-refractivity contribution is 7.92. The van der Waals surface area contributed by atoms with Crippen molar-refractivity contribution in [1.29, 1.82) is 0 Å². The second-order valence-corrected chi connectivity index (χ2v) is 8.12. The molecule has 3 rings (SSSR count). The van der Waals surface area contributed by atoms with Crippen LogP contribution in [0.4, 0.5) is 5.69 Å². The molecule has 0 atom stereocenters. The van der Waals surface area contributed by atoms with Gasteiger partial charge in [-0.2, -0.15) is 0 Å². The zero-order valence-corrected chi connectivity index (χ0v) is 17.5. The highest BCUT2D eigenvalue weighted by Gasteiger charge is 2.13. The Labute approximate surface area is 177 Å². The summed E-state index contributed by atoms with van der Waals surface area (Å²) in [5.41, 5.74) is 2.55. The SMILES string of the molecule is CCO/N=C/c1ccc(CCOc2cccc(NS(=O)(=O)c3ccccc3)c2)cc1. The van der Waals surface area contributed by atoms with Crippen LogP contribution in [0.3, 0.4) is 0 Å². The minimum Gasteiger partial charge on any atom is -0.493 e. The van der Waals surface area contributed by atoms with Crippen LogP contribution in [-0.4, -0.2) is 27.8 Å². The summed E-state index contributed by atoms with van der Waals surface area (Å²) in [5, 5.41) is 3.85. The van der Waals surface area contributed by atoms with Gasteiger partial charge < -0.3 is 9.57 Å². The highest BCUT2D eigenvalue weighted by Crippen LogP contribution is 2.21. The van der Waals surface area contributed by atoms with Gasteiger partial charge in [-0.3, -0.25) is 4.72 Å². The van der Waals surface area contributed by atoms with Crippen LogP contribution in [0.25, 0.3) is 0 Å². The standard InChI is InChI=1S/C23H24N2O4S/c1-2-29-24-18-20-13-11-19(12-14-20)15-16-28-22-8-6-7-21(17-22)25-30(26,27)23-9-4-3-5-10-23/h3-14,17-18,25H,2,15-16H2,1H3/b24-18+. The monoisotopic (exact) mass is 424 g/mol. The third-order valence-electron chi connectivity index (χ3n) is 4.18. The predicted octanol–water partition coefficient (Wildman–Crippen LogP) is 4.48. The molecule has 7 heteroatoms. The molecular formula is C23H24N2O4S. The number of sulfonamides is 1. The zero-order valence-electron chi connectivity index (χ0n) is 16.7. The van der Waals surface area contributed by atoms with Gasteiger partial charge in [0, 0.05) is 12.5 Å². The molecule has 3 aromatic rings. The van der Waals surface area contributed by atoms with Gasteiger partial charge in [0.15, 0.2) is 0 Å². The molecule has 1 N–H and O–H groups in total. The number of oxime groups is 1. The summed E-state index contributed by atoms with van der Waals surface area (Å²) in [4.78, 5) is 5.17. The first-order chi connectivity index (χ1) is 14.6. The van der Waals surface area contributed by atoms with E-state index in [-0.39, 0.29) is 4.90 Å². The average molecular weight is 425 g/mol. The molecular weight excluding hydrogens is 400 g/mol. The lowest BCUT2D eigenvalue weighted by Gasteiger charge is -2.11. The molecule has 0 aromatic heterocycles. The second-order valence-electron chi connectivity index (χ2n) is 6.44. The summed E-state index contributed by atoms with van der Waals surface area (Å²) in [6.07, 6.45) is 2.40. The molecule has 0 aliphatic carbocycles. The first kappa shape index (κ1) is 21.4. The fourth-order valence-electron chi connectivity index (χ4n) is 2.69. The lowest BCUT2D eigenvalue weighted by atomic mass is 10.1. The van der Waals surface area contributed by atoms with Crippen molar-refractivity contribution in [3.05, 3.63) is 90.0 Å². The summed E-state index contributed by atoms with van der Waals surface area (Å²) in [7, 11) is -3.63. The number of hydrogen-bond acceptors (Lipinski definition) is 5. The number of anilines is 1. The van der Waals surface area contributed by atoms with E-state index in [4.69, 9.17) is 9.57 Å². The summed E-state index contributed by atoms with van der Waals surface area (Å²) in [5.74, 6) is 0.601. The van der Waals surface area contributed by atoms with Crippen molar-refractivity contribution in [1.82, 2.24) is 0 Å². The number of ether oxygens (including phenoxy) is 1. The smallest absolute Gasteiger partial charge is 0.261 e. The van der Waals surface area contributed by atoms with Crippen LogP contribution >= 0.6 is 0 Å². The number of benzene rings is 3. The molecule has 0 aliphatic rings. The average Bonchev–Trinajstić information content (AvgIpc) is 2.76. The Morgan fingerprint density at radius 1 is 0.967 bits per heavy atom. The van der Waals surface area contributed by atoms with Gasteiger partial charge in [0.1, 0.15) is 12.4 Å². The molecule has 0 amide bonds. The van der Waals surface area contributed by atoms with Crippen molar-refractivity contribution >= 4 is 21.9 Å². The molecule has 0 fully saturated rings. The molecule has 0 bridgehead atoms. The van der Waals surface area contributed by atoms with Crippen LogP contribution in [0.1, 0.15) is 18.1 Å². The summed E-state index contributed by atoms with van der Waals surface area (Å²) in [6.45, 7) is 2.90. The minimum atomic E-state index is -3.63. The molecule has 0 heterocycles. The number of rotatable bonds is 10. The van der Waals surface area contributed by atoms with Crippen LogP contribution in [0.5, 0.6) is 5.75 Å². The summed E-state index contributed by atoms with van der Waals surface area (Å²) < 4.78 is 33.3. The first-order valence-electron chi connectivity index (χ1n) is 9.62. The Hall–Kier alpha value is -3.32. The van der Waals surface area contributed by atoms with Gasteiger partial charge in [0.25, 0.3) is 10.0 Å². The van der Waals surface area contributed by atoms with Gasteiger partial charge in [-0.1, -0.05) is 53.7 Å². The van der Waals surface area contributed by atoms with Gasteiger partial charge in [-0.05, 0) is 42.3 Å². The molecule has 156 valence electrons. The molecule has 6 nitrogen and oxygen atoms in total.